The summed E-state index contributed by atoms with van der Waals surface area (Å²) in [6.45, 7) is 2.74. The third kappa shape index (κ3) is 4.69. The van der Waals surface area contributed by atoms with Crippen molar-refractivity contribution >= 4 is 11.9 Å². The van der Waals surface area contributed by atoms with Crippen molar-refractivity contribution in [1.82, 2.24) is 15.5 Å². The molecule has 1 saturated heterocycles. The number of ether oxygens (including phenoxy) is 2. The molecule has 7 nitrogen and oxygen atoms in total. The van der Waals surface area contributed by atoms with Gasteiger partial charge in [-0.05, 0) is 12.5 Å². The summed E-state index contributed by atoms with van der Waals surface area (Å²) in [5.41, 5.74) is 1.08. The molecule has 132 valence electrons. The molecular formula is C17H25N3O4. The zero-order chi connectivity index (χ0) is 17.5. The summed E-state index contributed by atoms with van der Waals surface area (Å²) < 4.78 is 10.0. The number of nitrogens with one attached hydrogen (secondary N) is 2. The second-order valence-electron chi connectivity index (χ2n) is 5.79. The van der Waals surface area contributed by atoms with E-state index >= 15 is 0 Å². The minimum absolute atomic E-state index is 0.0140. The molecule has 0 spiro atoms. The Labute approximate surface area is 142 Å². The highest BCUT2D eigenvalue weighted by Gasteiger charge is 2.33. The smallest absolute Gasteiger partial charge is 0.315 e. The second kappa shape index (κ2) is 8.65. The lowest BCUT2D eigenvalue weighted by Gasteiger charge is -2.25. The Morgan fingerprint density at radius 3 is 2.58 bits per heavy atom. The normalized spacial score (nSPS) is 18.8. The number of urea groups is 1. The Bertz CT molecular complexity index is 548. The standard InChI is InChI=1S/C17H25N3O4/c1-12(13-7-5-4-6-8-13)20-11-14(9-15(20)21)19-17(22)18-10-16(23-2)24-3/h4-8,12,14,16H,9-11H2,1-3H3,(H2,18,19,22). The van der Waals surface area contributed by atoms with E-state index in [1.807, 2.05) is 37.3 Å². The van der Waals surface area contributed by atoms with Crippen molar-refractivity contribution in [3.8, 4) is 0 Å². The maximum atomic E-state index is 12.3. The van der Waals surface area contributed by atoms with Crippen LogP contribution in [-0.2, 0) is 14.3 Å². The lowest BCUT2D eigenvalue weighted by molar-refractivity contribution is -0.129. The first-order valence-corrected chi connectivity index (χ1v) is 7.99. The highest BCUT2D eigenvalue weighted by atomic mass is 16.7. The Morgan fingerprint density at radius 1 is 1.29 bits per heavy atom. The van der Waals surface area contributed by atoms with Crippen LogP contribution in [0.1, 0.15) is 24.9 Å². The van der Waals surface area contributed by atoms with Crippen LogP contribution in [0.3, 0.4) is 0 Å². The predicted octanol–water partition coefficient (Wildman–Crippen LogP) is 1.27. The number of amides is 3. The molecule has 1 aliphatic rings. The van der Waals surface area contributed by atoms with Gasteiger partial charge in [0.2, 0.25) is 5.91 Å². The molecule has 1 aromatic rings. The highest BCUT2D eigenvalue weighted by molar-refractivity contribution is 5.82. The molecule has 0 aliphatic carbocycles. The minimum Gasteiger partial charge on any atom is -0.354 e. The highest BCUT2D eigenvalue weighted by Crippen LogP contribution is 2.25. The van der Waals surface area contributed by atoms with Crippen LogP contribution in [0.15, 0.2) is 30.3 Å². The molecule has 2 N–H and O–H groups in total. The maximum absolute atomic E-state index is 12.3. The number of benzene rings is 1. The third-order valence-corrected chi connectivity index (χ3v) is 4.20. The monoisotopic (exact) mass is 335 g/mol. The largest absolute Gasteiger partial charge is 0.354 e. The van der Waals surface area contributed by atoms with E-state index in [0.29, 0.717) is 13.0 Å². The fourth-order valence-electron chi connectivity index (χ4n) is 2.79. The minimum atomic E-state index is -0.490. The lowest BCUT2D eigenvalue weighted by Crippen LogP contribution is -2.46. The summed E-state index contributed by atoms with van der Waals surface area (Å²) in [7, 11) is 3.01. The quantitative estimate of drug-likeness (QED) is 0.736. The Hall–Kier alpha value is -2.12. The molecule has 0 bridgehead atoms. The average Bonchev–Trinajstić information content (AvgIpc) is 2.96. The molecule has 1 aliphatic heterocycles. The van der Waals surface area contributed by atoms with E-state index in [1.165, 1.54) is 14.2 Å². The van der Waals surface area contributed by atoms with Gasteiger partial charge >= 0.3 is 6.03 Å². The van der Waals surface area contributed by atoms with Gasteiger partial charge in [-0.1, -0.05) is 30.3 Å². The SMILES string of the molecule is COC(CNC(=O)NC1CC(=O)N(C(C)c2ccccc2)C1)OC. The van der Waals surface area contributed by atoms with Crippen molar-refractivity contribution in [2.75, 3.05) is 27.3 Å². The van der Waals surface area contributed by atoms with Crippen LogP contribution < -0.4 is 10.6 Å². The molecule has 1 heterocycles. The van der Waals surface area contributed by atoms with E-state index in [0.717, 1.165) is 5.56 Å². The van der Waals surface area contributed by atoms with E-state index in [9.17, 15) is 9.59 Å². The Balaban J connectivity index is 1.85. The summed E-state index contributed by atoms with van der Waals surface area (Å²) in [4.78, 5) is 26.0. The van der Waals surface area contributed by atoms with Gasteiger partial charge in [0.05, 0.1) is 18.6 Å². The van der Waals surface area contributed by atoms with E-state index in [2.05, 4.69) is 10.6 Å². The number of likely N-dealkylation sites (tertiary alicyclic amines) is 1. The van der Waals surface area contributed by atoms with Gasteiger partial charge in [-0.25, -0.2) is 4.79 Å². The van der Waals surface area contributed by atoms with Gasteiger partial charge < -0.3 is 25.0 Å². The van der Waals surface area contributed by atoms with Crippen LogP contribution in [0.5, 0.6) is 0 Å². The third-order valence-electron chi connectivity index (χ3n) is 4.20. The Morgan fingerprint density at radius 2 is 1.96 bits per heavy atom. The topological polar surface area (TPSA) is 79.9 Å². The molecule has 7 heteroatoms. The molecular weight excluding hydrogens is 310 g/mol. The molecule has 0 radical (unpaired) electrons. The zero-order valence-electron chi connectivity index (χ0n) is 14.3. The summed E-state index contributed by atoms with van der Waals surface area (Å²) in [5, 5.41) is 5.50. The summed E-state index contributed by atoms with van der Waals surface area (Å²) in [6.07, 6.45) is -0.182. The van der Waals surface area contributed by atoms with Crippen molar-refractivity contribution in [2.45, 2.75) is 31.7 Å². The van der Waals surface area contributed by atoms with Gasteiger partial charge in [0.1, 0.15) is 0 Å². The van der Waals surface area contributed by atoms with E-state index < -0.39 is 6.29 Å². The first-order valence-electron chi connectivity index (χ1n) is 7.99. The van der Waals surface area contributed by atoms with Gasteiger partial charge in [0.25, 0.3) is 0 Å². The van der Waals surface area contributed by atoms with Gasteiger partial charge in [-0.3, -0.25) is 4.79 Å². The van der Waals surface area contributed by atoms with Crippen LogP contribution >= 0.6 is 0 Å². The molecule has 1 fully saturated rings. The number of methoxy groups -OCH3 is 2. The molecule has 24 heavy (non-hydrogen) atoms. The molecule has 2 atom stereocenters. The number of hydrogen-bond donors (Lipinski definition) is 2. The van der Waals surface area contributed by atoms with Crippen molar-refractivity contribution in [3.05, 3.63) is 35.9 Å². The van der Waals surface area contributed by atoms with E-state index in [-0.39, 0.29) is 30.6 Å². The number of carbonyl (C=O) groups excluding carboxylic acids is 2. The van der Waals surface area contributed by atoms with Crippen LogP contribution in [-0.4, -0.2) is 56.5 Å². The number of nitrogens with zero attached hydrogens (tertiary/aromatic N) is 1. The molecule has 2 rings (SSSR count). The van der Waals surface area contributed by atoms with Crippen molar-refractivity contribution in [3.63, 3.8) is 0 Å². The van der Waals surface area contributed by atoms with Gasteiger partial charge in [-0.2, -0.15) is 0 Å². The maximum Gasteiger partial charge on any atom is 0.315 e. The van der Waals surface area contributed by atoms with Crippen molar-refractivity contribution < 1.29 is 19.1 Å². The molecule has 2 unspecified atom stereocenters. The van der Waals surface area contributed by atoms with Gasteiger partial charge in [0, 0.05) is 27.2 Å². The van der Waals surface area contributed by atoms with Crippen molar-refractivity contribution in [1.29, 1.82) is 0 Å². The first kappa shape index (κ1) is 18.2. The predicted molar refractivity (Wildman–Crippen MR) is 89.3 cm³/mol. The zero-order valence-corrected chi connectivity index (χ0v) is 14.3. The number of carbonyl (C=O) groups is 2. The van der Waals surface area contributed by atoms with Crippen LogP contribution in [0, 0.1) is 0 Å². The molecule has 0 saturated carbocycles. The molecule has 1 aromatic carbocycles. The molecule has 0 aromatic heterocycles. The lowest BCUT2D eigenvalue weighted by atomic mass is 10.1. The summed E-state index contributed by atoms with van der Waals surface area (Å²) in [5.74, 6) is 0.0447. The average molecular weight is 335 g/mol. The van der Waals surface area contributed by atoms with Crippen LogP contribution in [0.4, 0.5) is 4.79 Å². The van der Waals surface area contributed by atoms with Gasteiger partial charge in [-0.15, -0.1) is 0 Å². The van der Waals surface area contributed by atoms with Crippen molar-refractivity contribution in [2.24, 2.45) is 0 Å². The fraction of sp³-hybridized carbons (Fsp3) is 0.529. The second-order valence-corrected chi connectivity index (χ2v) is 5.79. The van der Waals surface area contributed by atoms with E-state index in [1.54, 1.807) is 4.90 Å². The first-order chi connectivity index (χ1) is 11.5. The molecule has 3 amide bonds. The summed E-state index contributed by atoms with van der Waals surface area (Å²) in [6, 6.07) is 9.31. The number of rotatable bonds is 7. The Kier molecular flexibility index (Phi) is 6.57. The van der Waals surface area contributed by atoms with Crippen LogP contribution in [0.2, 0.25) is 0 Å². The van der Waals surface area contributed by atoms with Gasteiger partial charge in [0.15, 0.2) is 6.29 Å². The summed E-state index contributed by atoms with van der Waals surface area (Å²) >= 11 is 0. The fourth-order valence-corrected chi connectivity index (χ4v) is 2.79. The van der Waals surface area contributed by atoms with E-state index in [4.69, 9.17) is 9.47 Å². The number of hydrogen-bond acceptors (Lipinski definition) is 4. The van der Waals surface area contributed by atoms with Crippen LogP contribution in [0.25, 0.3) is 0 Å².